The molecule has 9 heteroatoms. The highest BCUT2D eigenvalue weighted by atomic mass is 32.2. The Morgan fingerprint density at radius 2 is 2.06 bits per heavy atom. The molecule has 1 aliphatic heterocycles. The number of carbonyl (C=O) groups excluding carboxylic acids is 1. The van der Waals surface area contributed by atoms with Gasteiger partial charge in [-0.2, -0.15) is 10.2 Å². The van der Waals surface area contributed by atoms with E-state index in [4.69, 9.17) is 0 Å². The van der Waals surface area contributed by atoms with Crippen molar-refractivity contribution in [3.05, 3.63) is 71.4 Å². The zero-order valence-electron chi connectivity index (χ0n) is 20.2. The standard InChI is InChI=1S/C27H29FN6OS/c1-29-27(35)22-6-4-7-23(28)26(22)36-20-9-10-21-24(31-32-25(21)16-20)11-8-19-17-30-34(18-19)15-5-14-33-12-2-3-13-33/h4,6-11,16-18H,2-3,5,12-15H2,1H3,(H,29,35)(H,31,32)/b11-8+. The summed E-state index contributed by atoms with van der Waals surface area (Å²) in [5.74, 6) is -0.743. The fourth-order valence-corrected chi connectivity index (χ4v) is 5.46. The summed E-state index contributed by atoms with van der Waals surface area (Å²) in [6.45, 7) is 4.50. The Kier molecular flexibility index (Phi) is 7.48. The van der Waals surface area contributed by atoms with Gasteiger partial charge < -0.3 is 10.2 Å². The van der Waals surface area contributed by atoms with Crippen LogP contribution in [0.4, 0.5) is 4.39 Å². The van der Waals surface area contributed by atoms with Crippen LogP contribution in [-0.4, -0.2) is 57.5 Å². The molecule has 0 aliphatic carbocycles. The van der Waals surface area contributed by atoms with Crippen molar-refractivity contribution in [1.82, 2.24) is 30.2 Å². The number of halogens is 1. The van der Waals surface area contributed by atoms with Crippen molar-refractivity contribution in [1.29, 1.82) is 0 Å². The fraction of sp³-hybridized carbons (Fsp3) is 0.296. The van der Waals surface area contributed by atoms with Gasteiger partial charge in [0.1, 0.15) is 5.82 Å². The van der Waals surface area contributed by atoms with Crippen LogP contribution in [-0.2, 0) is 6.54 Å². The summed E-state index contributed by atoms with van der Waals surface area (Å²) < 4.78 is 16.5. The van der Waals surface area contributed by atoms with E-state index >= 15 is 0 Å². The van der Waals surface area contributed by atoms with Gasteiger partial charge in [0.05, 0.1) is 27.9 Å². The first-order valence-corrected chi connectivity index (χ1v) is 13.0. The zero-order valence-corrected chi connectivity index (χ0v) is 21.0. The van der Waals surface area contributed by atoms with Crippen LogP contribution in [0.1, 0.15) is 40.9 Å². The van der Waals surface area contributed by atoms with Gasteiger partial charge in [0.25, 0.3) is 5.91 Å². The van der Waals surface area contributed by atoms with E-state index in [-0.39, 0.29) is 5.91 Å². The molecule has 0 atom stereocenters. The molecular weight excluding hydrogens is 475 g/mol. The van der Waals surface area contributed by atoms with Crippen molar-refractivity contribution in [3.8, 4) is 0 Å². The molecule has 2 aromatic heterocycles. The lowest BCUT2D eigenvalue weighted by Gasteiger charge is -2.13. The van der Waals surface area contributed by atoms with Crippen molar-refractivity contribution >= 4 is 40.7 Å². The number of amides is 1. The summed E-state index contributed by atoms with van der Waals surface area (Å²) in [6.07, 6.45) is 11.7. The monoisotopic (exact) mass is 504 g/mol. The Hall–Kier alpha value is -3.43. The van der Waals surface area contributed by atoms with Gasteiger partial charge in [-0.15, -0.1) is 0 Å². The van der Waals surface area contributed by atoms with E-state index in [9.17, 15) is 9.18 Å². The number of nitrogens with one attached hydrogen (secondary N) is 2. The summed E-state index contributed by atoms with van der Waals surface area (Å²) in [6, 6.07) is 10.3. The van der Waals surface area contributed by atoms with Gasteiger partial charge >= 0.3 is 0 Å². The van der Waals surface area contributed by atoms with Crippen molar-refractivity contribution in [2.45, 2.75) is 35.6 Å². The van der Waals surface area contributed by atoms with Gasteiger partial charge in [0.2, 0.25) is 0 Å². The predicted octanol–water partition coefficient (Wildman–Crippen LogP) is 5.07. The highest BCUT2D eigenvalue weighted by molar-refractivity contribution is 7.99. The maximum absolute atomic E-state index is 14.5. The average Bonchev–Trinajstić information content (AvgIpc) is 3.65. The first kappa shape index (κ1) is 24.3. The molecule has 7 nitrogen and oxygen atoms in total. The van der Waals surface area contributed by atoms with E-state index in [1.807, 2.05) is 41.2 Å². The highest BCUT2D eigenvalue weighted by Gasteiger charge is 2.16. The van der Waals surface area contributed by atoms with Crippen LogP contribution in [0.15, 0.2) is 58.6 Å². The minimum atomic E-state index is -0.425. The molecule has 4 aromatic rings. The number of nitrogens with zero attached hydrogens (tertiary/aromatic N) is 4. The molecule has 0 spiro atoms. The molecule has 36 heavy (non-hydrogen) atoms. The van der Waals surface area contributed by atoms with E-state index in [0.717, 1.165) is 46.6 Å². The Morgan fingerprint density at radius 1 is 1.19 bits per heavy atom. The summed E-state index contributed by atoms with van der Waals surface area (Å²) in [7, 11) is 1.54. The van der Waals surface area contributed by atoms with E-state index < -0.39 is 5.82 Å². The number of aromatic nitrogens is 4. The SMILES string of the molecule is CNC(=O)c1cccc(F)c1Sc1ccc2c(/C=C/c3cnn(CCCN4CCCC4)c3)n[nH]c2c1. The van der Waals surface area contributed by atoms with Gasteiger partial charge in [-0.1, -0.05) is 17.8 Å². The molecule has 1 saturated heterocycles. The van der Waals surface area contributed by atoms with Gasteiger partial charge in [0, 0.05) is 35.6 Å². The number of aromatic amines is 1. The quantitative estimate of drug-likeness (QED) is 0.333. The molecule has 0 unspecified atom stereocenters. The lowest BCUT2D eigenvalue weighted by Crippen LogP contribution is -2.21. The number of aryl methyl sites for hydroxylation is 1. The van der Waals surface area contributed by atoms with Crippen LogP contribution in [0.25, 0.3) is 23.1 Å². The summed E-state index contributed by atoms with van der Waals surface area (Å²) >= 11 is 1.22. The Bertz CT molecular complexity index is 1390. The molecule has 0 saturated carbocycles. The summed E-state index contributed by atoms with van der Waals surface area (Å²) in [5, 5.41) is 15.5. The molecule has 3 heterocycles. The average molecular weight is 505 g/mol. The van der Waals surface area contributed by atoms with E-state index in [1.165, 1.54) is 50.8 Å². The van der Waals surface area contributed by atoms with E-state index in [2.05, 4.69) is 31.7 Å². The molecule has 1 fully saturated rings. The first-order valence-electron chi connectivity index (χ1n) is 12.2. The van der Waals surface area contributed by atoms with E-state index in [0.29, 0.717) is 10.5 Å². The van der Waals surface area contributed by atoms with Gasteiger partial charge in [-0.25, -0.2) is 4.39 Å². The van der Waals surface area contributed by atoms with Crippen molar-refractivity contribution in [2.24, 2.45) is 0 Å². The second-order valence-electron chi connectivity index (χ2n) is 8.89. The minimum Gasteiger partial charge on any atom is -0.355 e. The maximum Gasteiger partial charge on any atom is 0.252 e. The van der Waals surface area contributed by atoms with Crippen molar-refractivity contribution in [2.75, 3.05) is 26.7 Å². The Balaban J connectivity index is 1.26. The molecule has 0 bridgehead atoms. The van der Waals surface area contributed by atoms with Crippen LogP contribution in [0.3, 0.4) is 0 Å². The van der Waals surface area contributed by atoms with E-state index in [1.54, 1.807) is 12.1 Å². The fourth-order valence-electron chi connectivity index (χ4n) is 4.48. The summed E-state index contributed by atoms with van der Waals surface area (Å²) in [4.78, 5) is 15.8. The summed E-state index contributed by atoms with van der Waals surface area (Å²) in [5.41, 5.74) is 3.00. The van der Waals surface area contributed by atoms with Crippen molar-refractivity contribution in [3.63, 3.8) is 0 Å². The van der Waals surface area contributed by atoms with Crippen molar-refractivity contribution < 1.29 is 9.18 Å². The smallest absolute Gasteiger partial charge is 0.252 e. The van der Waals surface area contributed by atoms with Crippen LogP contribution in [0.5, 0.6) is 0 Å². The highest BCUT2D eigenvalue weighted by Crippen LogP contribution is 2.34. The molecular formula is C27H29FN6OS. The molecule has 1 aliphatic rings. The predicted molar refractivity (Wildman–Crippen MR) is 141 cm³/mol. The number of fused-ring (bicyclic) bond motifs is 1. The normalized spacial score (nSPS) is 14.3. The first-order chi connectivity index (χ1) is 17.6. The third-order valence-corrected chi connectivity index (χ3v) is 7.48. The molecule has 2 aromatic carbocycles. The molecule has 186 valence electrons. The number of likely N-dealkylation sites (tertiary alicyclic amines) is 1. The number of hydrogen-bond acceptors (Lipinski definition) is 5. The lowest BCUT2D eigenvalue weighted by molar-refractivity contribution is 0.0959. The number of hydrogen-bond donors (Lipinski definition) is 2. The van der Waals surface area contributed by atoms with Gasteiger partial charge in [-0.05, 0) is 81.4 Å². The third kappa shape index (κ3) is 5.52. The number of rotatable bonds is 9. The maximum atomic E-state index is 14.5. The Morgan fingerprint density at radius 3 is 2.89 bits per heavy atom. The van der Waals surface area contributed by atoms with Gasteiger partial charge in [0.15, 0.2) is 0 Å². The number of H-pyrrole nitrogens is 1. The second kappa shape index (κ2) is 11.1. The van der Waals surface area contributed by atoms with Crippen LogP contribution in [0.2, 0.25) is 0 Å². The Labute approximate surface area is 213 Å². The number of carbonyl (C=O) groups is 1. The van der Waals surface area contributed by atoms with Crippen LogP contribution >= 0.6 is 11.8 Å². The van der Waals surface area contributed by atoms with Crippen LogP contribution in [0, 0.1) is 5.82 Å². The molecule has 2 N–H and O–H groups in total. The lowest BCUT2D eigenvalue weighted by atomic mass is 10.2. The van der Waals surface area contributed by atoms with Gasteiger partial charge in [-0.3, -0.25) is 14.6 Å². The topological polar surface area (TPSA) is 78.8 Å². The number of benzene rings is 2. The second-order valence-corrected chi connectivity index (χ2v) is 9.97. The third-order valence-electron chi connectivity index (χ3n) is 6.37. The minimum absolute atomic E-state index is 0.299. The van der Waals surface area contributed by atoms with Crippen LogP contribution < -0.4 is 5.32 Å². The zero-order chi connectivity index (χ0) is 24.9. The molecule has 1 amide bonds. The molecule has 5 rings (SSSR count). The largest absolute Gasteiger partial charge is 0.355 e. The molecule has 0 radical (unpaired) electrons.